The van der Waals surface area contributed by atoms with E-state index in [0.717, 1.165) is 36.0 Å². The van der Waals surface area contributed by atoms with Crippen LogP contribution in [0.2, 0.25) is 18.9 Å². The molecule has 0 bridgehead atoms. The molecule has 0 spiro atoms. The number of rotatable bonds is 12. The van der Waals surface area contributed by atoms with Crippen LogP contribution in [0, 0.1) is 0 Å². The van der Waals surface area contributed by atoms with E-state index in [9.17, 15) is 4.11 Å². The molecule has 0 aliphatic rings. The number of hydrogen-bond acceptors (Lipinski definition) is 0. The van der Waals surface area contributed by atoms with Gasteiger partial charge in [-0.15, -0.1) is 0 Å². The average molecular weight is 413 g/mol. The van der Waals surface area contributed by atoms with Crippen molar-refractivity contribution in [3.63, 3.8) is 0 Å². The van der Waals surface area contributed by atoms with E-state index >= 15 is 0 Å². The smallest absolute Gasteiger partial charge is 0.0672 e. The zero-order valence-corrected chi connectivity index (χ0v) is 19.3. The summed E-state index contributed by atoms with van der Waals surface area (Å²) in [6, 6.07) is 30.9. The molecule has 0 amide bonds. The quantitative estimate of drug-likeness (QED) is 0.260. The van der Waals surface area contributed by atoms with E-state index in [4.69, 9.17) is 0 Å². The zero-order chi connectivity index (χ0) is 24.5. The first-order chi connectivity index (χ1) is 16.5. The minimum absolute atomic E-state index is 0.00783. The third kappa shape index (κ3) is 6.86. The topological polar surface area (TPSA) is 0 Å². The Balaban J connectivity index is 2.04. The van der Waals surface area contributed by atoms with E-state index in [1.165, 1.54) is 0 Å². The van der Waals surface area contributed by atoms with E-state index in [0.29, 0.717) is 0 Å². The van der Waals surface area contributed by atoms with Gasteiger partial charge in [-0.05, 0) is 53.7 Å². The van der Waals surface area contributed by atoms with Gasteiger partial charge in [0.05, 0.1) is 0 Å². The van der Waals surface area contributed by atoms with E-state index in [1.807, 2.05) is 54.6 Å². The standard InChI is InChI=1S/C30H39B/c1-4-25(28-16-10-7-11-17-28)22-31(23-26(5-2)29-18-12-8-13-19-29)24-27(6-3)30-20-14-9-15-21-30/h7-21,25-27H,4-6,22-24H2,1-3H3/t25-,26-,27-/m1/s1/i22D,23D,24D/t22-,23-,24-,25-,26-,27-. The van der Waals surface area contributed by atoms with Gasteiger partial charge in [-0.3, -0.25) is 0 Å². The molecule has 0 saturated carbocycles. The van der Waals surface area contributed by atoms with Gasteiger partial charge in [0.25, 0.3) is 0 Å². The molecule has 0 radical (unpaired) electrons. The van der Waals surface area contributed by atoms with Crippen LogP contribution in [0.4, 0.5) is 0 Å². The second kappa shape index (κ2) is 12.5. The molecule has 3 aromatic rings. The van der Waals surface area contributed by atoms with Crippen LogP contribution in [0.25, 0.3) is 0 Å². The van der Waals surface area contributed by atoms with Crippen molar-refractivity contribution < 1.29 is 4.11 Å². The van der Waals surface area contributed by atoms with Crippen LogP contribution in [0.3, 0.4) is 0 Å². The first kappa shape index (κ1) is 19.4. The molecule has 31 heavy (non-hydrogen) atoms. The van der Waals surface area contributed by atoms with Crippen LogP contribution in [-0.2, 0) is 0 Å². The maximum Gasteiger partial charge on any atom is 0.141 e. The summed E-state index contributed by atoms with van der Waals surface area (Å²) in [7, 11) is 0. The highest BCUT2D eigenvalue weighted by atomic mass is 14.2. The highest BCUT2D eigenvalue weighted by Crippen LogP contribution is 2.36. The molecule has 0 heterocycles. The molecule has 0 nitrogen and oxygen atoms in total. The zero-order valence-electron chi connectivity index (χ0n) is 22.3. The molecule has 1 heteroatoms. The van der Waals surface area contributed by atoms with Crippen molar-refractivity contribution in [3.05, 3.63) is 108 Å². The van der Waals surface area contributed by atoms with Crippen molar-refractivity contribution in [1.29, 1.82) is 0 Å². The Kier molecular flexibility index (Phi) is 7.86. The fourth-order valence-corrected chi connectivity index (χ4v) is 4.55. The van der Waals surface area contributed by atoms with Gasteiger partial charge in [0, 0.05) is 4.11 Å². The summed E-state index contributed by atoms with van der Waals surface area (Å²) in [5.41, 5.74) is 3.44. The van der Waals surface area contributed by atoms with Gasteiger partial charge < -0.3 is 0 Å². The second-order valence-corrected chi connectivity index (χ2v) is 8.43. The Morgan fingerprint density at radius 1 is 0.516 bits per heavy atom. The molecule has 0 N–H and O–H groups in total. The molecule has 0 unspecified atom stereocenters. The normalized spacial score (nSPS) is 18.5. The van der Waals surface area contributed by atoms with Gasteiger partial charge in [0.2, 0.25) is 0 Å². The lowest BCUT2D eigenvalue weighted by Gasteiger charge is -2.28. The van der Waals surface area contributed by atoms with Crippen molar-refractivity contribution in [2.45, 2.75) is 76.7 Å². The van der Waals surface area contributed by atoms with Crippen LogP contribution >= 0.6 is 0 Å². The van der Waals surface area contributed by atoms with Crippen molar-refractivity contribution in [3.8, 4) is 0 Å². The van der Waals surface area contributed by atoms with Gasteiger partial charge in [-0.25, -0.2) is 0 Å². The predicted octanol–water partition coefficient (Wildman–Crippen LogP) is 9.06. The summed E-state index contributed by atoms with van der Waals surface area (Å²) >= 11 is 0. The molecular weight excluding hydrogens is 371 g/mol. The highest BCUT2D eigenvalue weighted by molar-refractivity contribution is 6.59. The molecule has 0 aliphatic carbocycles. The minimum Gasteiger partial charge on any atom is -0.0672 e. The lowest BCUT2D eigenvalue weighted by molar-refractivity contribution is 0.670. The SMILES string of the molecule is [2H][C@@H](B([C@H]([2H])[C@@H](CC)c1ccccc1)[C@H]([2H])[C@@H](CC)c1ccccc1)[C@@H](CC)c1ccccc1. The Hall–Kier alpha value is -2.28. The van der Waals surface area contributed by atoms with E-state index in [-0.39, 0.29) is 24.5 Å². The van der Waals surface area contributed by atoms with Crippen molar-refractivity contribution in [2.75, 3.05) is 0 Å². The maximum atomic E-state index is 9.51. The summed E-state index contributed by atoms with van der Waals surface area (Å²) in [4.78, 5) is 0. The summed E-state index contributed by atoms with van der Waals surface area (Å²) in [6.45, 7) is 6.03. The van der Waals surface area contributed by atoms with Gasteiger partial charge in [-0.1, -0.05) is 131 Å². The van der Waals surface area contributed by atoms with E-state index < -0.39 is 18.9 Å². The first-order valence-electron chi connectivity index (χ1n) is 13.7. The van der Waals surface area contributed by atoms with Crippen molar-refractivity contribution >= 4 is 6.71 Å². The Labute approximate surface area is 195 Å². The van der Waals surface area contributed by atoms with Crippen LogP contribution in [0.1, 0.15) is 78.6 Å². The van der Waals surface area contributed by atoms with E-state index in [1.54, 1.807) is 0 Å². The maximum absolute atomic E-state index is 9.51. The summed E-state index contributed by atoms with van der Waals surface area (Å²) < 4.78 is 28.5. The lowest BCUT2D eigenvalue weighted by Crippen LogP contribution is -2.22. The monoisotopic (exact) mass is 413 g/mol. The van der Waals surface area contributed by atoms with Crippen LogP contribution in [-0.4, -0.2) is 6.71 Å². The molecule has 0 saturated heterocycles. The molecule has 0 aliphatic heterocycles. The lowest BCUT2D eigenvalue weighted by atomic mass is 9.36. The summed E-state index contributed by atoms with van der Waals surface area (Å²) in [5, 5.41) is 0. The van der Waals surface area contributed by atoms with Gasteiger partial charge in [-0.2, -0.15) is 0 Å². The second-order valence-electron chi connectivity index (χ2n) is 8.43. The minimum atomic E-state index is -0.520. The molecule has 162 valence electrons. The molecule has 0 fully saturated rings. The summed E-state index contributed by atoms with van der Waals surface area (Å²) in [5.74, 6) is 0.0235. The predicted molar refractivity (Wildman–Crippen MR) is 139 cm³/mol. The molecule has 3 rings (SSSR count). The summed E-state index contributed by atoms with van der Waals surface area (Å²) in [6.07, 6.45) is 0.934. The molecule has 6 atom stereocenters. The van der Waals surface area contributed by atoms with Gasteiger partial charge in [0.1, 0.15) is 6.71 Å². The fraction of sp³-hybridized carbons (Fsp3) is 0.400. The fourth-order valence-electron chi connectivity index (χ4n) is 4.55. The molecule has 0 aromatic heterocycles. The Morgan fingerprint density at radius 3 is 1.00 bits per heavy atom. The molecule has 3 aromatic carbocycles. The third-order valence-corrected chi connectivity index (χ3v) is 6.37. The van der Waals surface area contributed by atoms with Crippen LogP contribution < -0.4 is 0 Å². The van der Waals surface area contributed by atoms with Crippen molar-refractivity contribution in [1.82, 2.24) is 0 Å². The number of hydrogen-bond donors (Lipinski definition) is 0. The third-order valence-electron chi connectivity index (χ3n) is 6.37. The van der Waals surface area contributed by atoms with Crippen LogP contribution in [0.15, 0.2) is 91.0 Å². The van der Waals surface area contributed by atoms with Crippen molar-refractivity contribution in [2.24, 2.45) is 0 Å². The van der Waals surface area contributed by atoms with E-state index in [2.05, 4.69) is 57.2 Å². The van der Waals surface area contributed by atoms with Crippen LogP contribution in [0.5, 0.6) is 0 Å². The Bertz CT molecular complexity index is 823. The van der Waals surface area contributed by atoms with Gasteiger partial charge in [0.15, 0.2) is 0 Å². The van der Waals surface area contributed by atoms with Gasteiger partial charge >= 0.3 is 0 Å². The highest BCUT2D eigenvalue weighted by Gasteiger charge is 2.27. The largest absolute Gasteiger partial charge is 0.141 e. The Morgan fingerprint density at radius 2 is 0.774 bits per heavy atom. The number of benzene rings is 3. The average Bonchev–Trinajstić information content (AvgIpc) is 2.87. The molecular formula is C30H39B. The first-order valence-corrected chi connectivity index (χ1v) is 11.9.